The zero-order chi connectivity index (χ0) is 18.3. The van der Waals surface area contributed by atoms with Gasteiger partial charge in [0.2, 0.25) is 5.91 Å². The number of nitrogens with one attached hydrogen (secondary N) is 1. The van der Waals surface area contributed by atoms with E-state index >= 15 is 0 Å². The van der Waals surface area contributed by atoms with E-state index in [9.17, 15) is 4.79 Å². The smallest absolute Gasteiger partial charge is 0.252 e. The van der Waals surface area contributed by atoms with Crippen molar-refractivity contribution in [3.63, 3.8) is 0 Å². The molecule has 0 fully saturated rings. The van der Waals surface area contributed by atoms with Crippen LogP contribution >= 0.6 is 11.3 Å². The second-order valence-corrected chi connectivity index (χ2v) is 8.10. The lowest BCUT2D eigenvalue weighted by molar-refractivity contribution is -0.116. The third-order valence-electron chi connectivity index (χ3n) is 5.02. The van der Waals surface area contributed by atoms with Crippen LogP contribution in [0.5, 0.6) is 0 Å². The van der Waals surface area contributed by atoms with E-state index in [1.54, 1.807) is 15.9 Å². The predicted molar refractivity (Wildman–Crippen MR) is 101 cm³/mol. The van der Waals surface area contributed by atoms with Gasteiger partial charge in [-0.3, -0.25) is 4.79 Å². The zero-order valence-corrected chi connectivity index (χ0v) is 16.1. The van der Waals surface area contributed by atoms with E-state index in [1.807, 2.05) is 13.8 Å². The maximum Gasteiger partial charge on any atom is 0.252 e. The molecule has 3 heterocycles. The Kier molecular flexibility index (Phi) is 4.44. The number of carbonyl (C=O) groups is 1. The molecular weight excluding hydrogens is 348 g/mol. The van der Waals surface area contributed by atoms with Crippen LogP contribution in [0.15, 0.2) is 6.33 Å². The van der Waals surface area contributed by atoms with Gasteiger partial charge < -0.3 is 5.32 Å². The van der Waals surface area contributed by atoms with Gasteiger partial charge in [0.05, 0.1) is 5.69 Å². The standard InChI is InChI=1S/C18H22N6OS/c1-10-4-6-14-15(8-10)26-18(22-14)23-16(25)7-5-13-11(2)21-17-19-9-20-24(17)12(13)3/h9-10H,4-8H2,1-3H3,(H,22,23,25). The number of nitrogens with zero attached hydrogens (tertiary/aromatic N) is 5. The SMILES string of the molecule is Cc1nc2ncnn2c(C)c1CCC(=O)Nc1nc2c(s1)CC(C)CC2. The number of rotatable bonds is 4. The van der Waals surface area contributed by atoms with Crippen molar-refractivity contribution in [1.29, 1.82) is 0 Å². The summed E-state index contributed by atoms with van der Waals surface area (Å²) in [7, 11) is 0. The Hall–Kier alpha value is -2.35. The first-order valence-corrected chi connectivity index (χ1v) is 9.77. The molecule has 1 N–H and O–H groups in total. The van der Waals surface area contributed by atoms with Crippen molar-refractivity contribution in [2.45, 2.75) is 52.9 Å². The molecule has 1 atom stereocenters. The molecule has 1 amide bonds. The van der Waals surface area contributed by atoms with Gasteiger partial charge in [-0.05, 0) is 51.0 Å². The average molecular weight is 370 g/mol. The molecule has 0 saturated carbocycles. The number of thiazole rings is 1. The summed E-state index contributed by atoms with van der Waals surface area (Å²) in [6.07, 6.45) is 5.78. The summed E-state index contributed by atoms with van der Waals surface area (Å²) in [5.74, 6) is 1.29. The fraction of sp³-hybridized carbons (Fsp3) is 0.500. The van der Waals surface area contributed by atoms with Crippen LogP contribution in [-0.4, -0.2) is 30.5 Å². The van der Waals surface area contributed by atoms with Gasteiger partial charge in [-0.25, -0.2) is 14.5 Å². The Morgan fingerprint density at radius 1 is 1.38 bits per heavy atom. The predicted octanol–water partition coefficient (Wildman–Crippen LogP) is 2.89. The van der Waals surface area contributed by atoms with Gasteiger partial charge in [0.25, 0.3) is 5.78 Å². The third-order valence-corrected chi connectivity index (χ3v) is 6.06. The molecule has 136 valence electrons. The first-order valence-electron chi connectivity index (χ1n) is 8.95. The highest BCUT2D eigenvalue weighted by Crippen LogP contribution is 2.32. The molecule has 7 nitrogen and oxygen atoms in total. The van der Waals surface area contributed by atoms with Crippen LogP contribution in [0.2, 0.25) is 0 Å². The van der Waals surface area contributed by atoms with E-state index in [2.05, 4.69) is 32.3 Å². The van der Waals surface area contributed by atoms with Crippen LogP contribution in [0.25, 0.3) is 5.78 Å². The van der Waals surface area contributed by atoms with Gasteiger partial charge >= 0.3 is 0 Å². The first kappa shape index (κ1) is 17.1. The fourth-order valence-corrected chi connectivity index (χ4v) is 4.72. The highest BCUT2D eigenvalue weighted by molar-refractivity contribution is 7.15. The van der Waals surface area contributed by atoms with Gasteiger partial charge in [0.15, 0.2) is 5.13 Å². The lowest BCUT2D eigenvalue weighted by Gasteiger charge is -2.15. The summed E-state index contributed by atoms with van der Waals surface area (Å²) in [4.78, 5) is 26.9. The highest BCUT2D eigenvalue weighted by Gasteiger charge is 2.20. The third kappa shape index (κ3) is 3.21. The minimum absolute atomic E-state index is 0.0124. The molecule has 0 spiro atoms. The van der Waals surface area contributed by atoms with Crippen molar-refractivity contribution in [2.24, 2.45) is 5.92 Å². The Labute approximate surface area is 155 Å². The molecule has 1 aliphatic carbocycles. The molecule has 0 saturated heterocycles. The topological polar surface area (TPSA) is 85.1 Å². The van der Waals surface area contributed by atoms with Gasteiger partial charge in [-0.15, -0.1) is 11.3 Å². The van der Waals surface area contributed by atoms with Crippen LogP contribution in [0.4, 0.5) is 5.13 Å². The van der Waals surface area contributed by atoms with E-state index < -0.39 is 0 Å². The maximum absolute atomic E-state index is 12.4. The molecule has 1 unspecified atom stereocenters. The van der Waals surface area contributed by atoms with Crippen molar-refractivity contribution in [1.82, 2.24) is 24.6 Å². The lowest BCUT2D eigenvalue weighted by atomic mass is 9.93. The Morgan fingerprint density at radius 2 is 2.23 bits per heavy atom. The second kappa shape index (κ2) is 6.75. The Bertz CT molecular complexity index is 976. The summed E-state index contributed by atoms with van der Waals surface area (Å²) in [5, 5.41) is 7.89. The summed E-state index contributed by atoms with van der Waals surface area (Å²) in [6.45, 7) is 6.20. The van der Waals surface area contributed by atoms with E-state index in [0.717, 1.165) is 40.6 Å². The van der Waals surface area contributed by atoms with Crippen LogP contribution in [0, 0.1) is 19.8 Å². The zero-order valence-electron chi connectivity index (χ0n) is 15.2. The lowest BCUT2D eigenvalue weighted by Crippen LogP contribution is -2.14. The van der Waals surface area contributed by atoms with E-state index in [1.165, 1.54) is 17.6 Å². The van der Waals surface area contributed by atoms with Crippen LogP contribution in [0.1, 0.15) is 47.3 Å². The van der Waals surface area contributed by atoms with E-state index in [0.29, 0.717) is 24.5 Å². The van der Waals surface area contributed by atoms with Crippen LogP contribution in [-0.2, 0) is 24.1 Å². The molecule has 26 heavy (non-hydrogen) atoms. The normalized spacial score (nSPS) is 16.7. The number of hydrogen-bond acceptors (Lipinski definition) is 6. The molecule has 0 aromatic carbocycles. The molecule has 1 aliphatic rings. The quantitative estimate of drug-likeness (QED) is 0.763. The minimum atomic E-state index is -0.0124. The second-order valence-electron chi connectivity index (χ2n) is 7.02. The fourth-order valence-electron chi connectivity index (χ4n) is 3.53. The summed E-state index contributed by atoms with van der Waals surface area (Å²) >= 11 is 1.62. The molecule has 0 radical (unpaired) electrons. The van der Waals surface area contributed by atoms with Crippen molar-refractivity contribution < 1.29 is 4.79 Å². The Morgan fingerprint density at radius 3 is 3.08 bits per heavy atom. The van der Waals surface area contributed by atoms with Crippen molar-refractivity contribution >= 4 is 28.2 Å². The number of aromatic nitrogens is 5. The van der Waals surface area contributed by atoms with E-state index in [4.69, 9.17) is 0 Å². The van der Waals surface area contributed by atoms with Gasteiger partial charge in [0.1, 0.15) is 6.33 Å². The molecule has 3 aromatic rings. The van der Waals surface area contributed by atoms with Gasteiger partial charge in [-0.2, -0.15) is 10.1 Å². The molecule has 4 rings (SSSR count). The van der Waals surface area contributed by atoms with Crippen molar-refractivity contribution in [3.05, 3.63) is 33.8 Å². The number of amides is 1. The molecule has 3 aromatic heterocycles. The molecule has 0 bridgehead atoms. The summed E-state index contributed by atoms with van der Waals surface area (Å²) in [6, 6.07) is 0. The monoisotopic (exact) mass is 370 g/mol. The maximum atomic E-state index is 12.4. The van der Waals surface area contributed by atoms with Crippen LogP contribution in [0.3, 0.4) is 0 Å². The van der Waals surface area contributed by atoms with Gasteiger partial charge in [0, 0.05) is 22.7 Å². The van der Waals surface area contributed by atoms with Crippen molar-refractivity contribution in [2.75, 3.05) is 5.32 Å². The van der Waals surface area contributed by atoms with E-state index in [-0.39, 0.29) is 5.91 Å². The number of carbonyl (C=O) groups excluding carboxylic acids is 1. The Balaban J connectivity index is 1.43. The molecule has 0 aliphatic heterocycles. The van der Waals surface area contributed by atoms with Gasteiger partial charge in [-0.1, -0.05) is 6.92 Å². The number of anilines is 1. The minimum Gasteiger partial charge on any atom is -0.302 e. The van der Waals surface area contributed by atoms with Crippen molar-refractivity contribution in [3.8, 4) is 0 Å². The highest BCUT2D eigenvalue weighted by atomic mass is 32.1. The summed E-state index contributed by atoms with van der Waals surface area (Å²) < 4.78 is 1.72. The summed E-state index contributed by atoms with van der Waals surface area (Å²) in [5.41, 5.74) is 4.09. The largest absolute Gasteiger partial charge is 0.302 e. The average Bonchev–Trinajstić information content (AvgIpc) is 3.20. The number of aryl methyl sites for hydroxylation is 3. The molecule has 8 heteroatoms. The number of hydrogen-bond donors (Lipinski definition) is 1. The first-order chi connectivity index (χ1) is 12.5. The molecular formula is C18H22N6OS. The number of fused-ring (bicyclic) bond motifs is 2. The van der Waals surface area contributed by atoms with Crippen LogP contribution < -0.4 is 5.32 Å².